The number of nitrogens with one attached hydrogen (secondary N) is 2. The van der Waals surface area contributed by atoms with Gasteiger partial charge in [-0.25, -0.2) is 0 Å². The summed E-state index contributed by atoms with van der Waals surface area (Å²) in [5, 5.41) is 18.8. The number of carbonyl (C=O) groups excluding carboxylic acids is 3. The second-order valence-electron chi connectivity index (χ2n) is 16.4. The Morgan fingerprint density at radius 1 is 0.962 bits per heavy atom. The summed E-state index contributed by atoms with van der Waals surface area (Å²) in [6.45, 7) is 11.8. The lowest BCUT2D eigenvalue weighted by Crippen LogP contribution is -2.64. The highest BCUT2D eigenvalue weighted by Gasteiger charge is 2.68. The molecule has 7 N–H and O–H groups in total. The zero-order valence-electron chi connectivity index (χ0n) is 31.8. The van der Waals surface area contributed by atoms with Gasteiger partial charge in [0.1, 0.15) is 11.9 Å². The zero-order chi connectivity index (χ0) is 37.5. The van der Waals surface area contributed by atoms with Crippen molar-refractivity contribution in [3.8, 4) is 0 Å². The van der Waals surface area contributed by atoms with Gasteiger partial charge in [0.2, 0.25) is 0 Å². The molecule has 9 nitrogen and oxygen atoms in total. The molecule has 2 bridgehead atoms. The number of thioether (sulfide) groups is 1. The van der Waals surface area contributed by atoms with Crippen LogP contribution in [0.5, 0.6) is 0 Å². The van der Waals surface area contributed by atoms with Crippen LogP contribution >= 0.6 is 11.8 Å². The lowest BCUT2D eigenvalue weighted by Gasteiger charge is -2.62. The van der Waals surface area contributed by atoms with Crippen LogP contribution < -0.4 is 22.1 Å². The third-order valence-electron chi connectivity index (χ3n) is 13.2. The van der Waals surface area contributed by atoms with Crippen molar-refractivity contribution in [2.75, 3.05) is 25.4 Å². The topological polar surface area (TPSA) is 157 Å². The van der Waals surface area contributed by atoms with Gasteiger partial charge in [-0.15, -0.1) is 11.8 Å². The Bertz CT molecular complexity index is 1520. The van der Waals surface area contributed by atoms with Crippen molar-refractivity contribution in [1.82, 2.24) is 10.6 Å². The van der Waals surface area contributed by atoms with E-state index in [1.165, 1.54) is 11.8 Å². The van der Waals surface area contributed by atoms with Crippen LogP contribution in [0, 0.1) is 34.0 Å². The first-order valence-electron chi connectivity index (χ1n) is 19.5. The van der Waals surface area contributed by atoms with E-state index in [2.05, 4.69) is 38.3 Å². The van der Waals surface area contributed by atoms with Crippen LogP contribution in [0.3, 0.4) is 0 Å². The van der Waals surface area contributed by atoms with Gasteiger partial charge in [-0.05, 0) is 104 Å². The Balaban J connectivity index is 1.27. The van der Waals surface area contributed by atoms with E-state index in [4.69, 9.17) is 16.2 Å². The van der Waals surface area contributed by atoms with Gasteiger partial charge in [0, 0.05) is 53.3 Å². The van der Waals surface area contributed by atoms with Crippen LogP contribution in [0.25, 0.3) is 0 Å². The Morgan fingerprint density at radius 2 is 1.65 bits per heavy atom. The molecule has 0 aromatic heterocycles. The molecule has 5 rings (SSSR count). The maximum Gasteiger partial charge on any atom is 0.316 e. The van der Waals surface area contributed by atoms with Crippen LogP contribution in [0.2, 0.25) is 0 Å². The van der Waals surface area contributed by atoms with Crippen molar-refractivity contribution in [3.63, 3.8) is 0 Å². The second-order valence-corrected chi connectivity index (χ2v) is 17.5. The second kappa shape index (κ2) is 17.6. The van der Waals surface area contributed by atoms with Crippen LogP contribution in [0.15, 0.2) is 53.4 Å². The smallest absolute Gasteiger partial charge is 0.316 e. The molecule has 3 fully saturated rings. The van der Waals surface area contributed by atoms with Gasteiger partial charge in [0.15, 0.2) is 0 Å². The quantitative estimate of drug-likeness (QED) is 0.0794. The number of benzene rings is 2. The van der Waals surface area contributed by atoms with Crippen molar-refractivity contribution in [2.24, 2.45) is 45.5 Å². The average molecular weight is 735 g/mol. The predicted molar refractivity (Wildman–Crippen MR) is 208 cm³/mol. The number of amides is 1. The molecule has 1 amide bonds. The van der Waals surface area contributed by atoms with Crippen LogP contribution in [-0.2, 0) is 27.4 Å². The molecule has 2 aromatic carbocycles. The summed E-state index contributed by atoms with van der Waals surface area (Å²) < 4.78 is 6.53. The third-order valence-corrected chi connectivity index (χ3v) is 14.2. The minimum absolute atomic E-state index is 0.0488. The number of ketones is 1. The lowest BCUT2D eigenvalue weighted by molar-refractivity contribution is -0.210. The molecule has 8 atom stereocenters. The number of rotatable bonds is 16. The first-order chi connectivity index (χ1) is 24.9. The van der Waals surface area contributed by atoms with Gasteiger partial charge in [-0.2, -0.15) is 0 Å². The van der Waals surface area contributed by atoms with E-state index in [0.29, 0.717) is 44.6 Å². The standard InChI is InChI=1S/C42H62N4O5S/c1-28-17-19-42-20-18-34(47)37(42)41(28,4)35(23-40(3,38(49)29(42)2)27-45-22-8-6-5-7-21-43)51-36(48)26-52-33-15-13-32(14-16-33)39(50)46-25-31-11-9-30(24-44)10-12-31/h9-16,28-29,35,37-38,45,49H,5-8,17-27,43-44H2,1-4H3,(H,46,50)/t28-,29+,35-,37+,38+,40-,41+,42+/m1/s1. The largest absolute Gasteiger partial charge is 0.461 e. The molecule has 2 aromatic rings. The monoisotopic (exact) mass is 734 g/mol. The molecule has 3 aliphatic rings. The fourth-order valence-corrected chi connectivity index (χ4v) is 10.4. The maximum absolute atomic E-state index is 13.8. The number of nitrogens with two attached hydrogens (primary N) is 2. The molecule has 0 spiro atoms. The number of carbonyl (C=O) groups is 3. The summed E-state index contributed by atoms with van der Waals surface area (Å²) in [7, 11) is 0. The summed E-state index contributed by atoms with van der Waals surface area (Å²) in [6.07, 6.45) is 6.79. The molecule has 0 radical (unpaired) electrons. The highest BCUT2D eigenvalue weighted by Crippen LogP contribution is 2.67. The minimum Gasteiger partial charge on any atom is -0.461 e. The molecule has 0 unspecified atom stereocenters. The molecule has 0 saturated heterocycles. The van der Waals surface area contributed by atoms with Gasteiger partial charge in [-0.1, -0.05) is 64.8 Å². The van der Waals surface area contributed by atoms with Crippen molar-refractivity contribution in [2.45, 2.75) is 116 Å². The van der Waals surface area contributed by atoms with E-state index < -0.39 is 23.0 Å². The molecule has 3 saturated carbocycles. The number of hydrogen-bond acceptors (Lipinski definition) is 9. The van der Waals surface area contributed by atoms with E-state index in [-0.39, 0.29) is 46.6 Å². The zero-order valence-corrected chi connectivity index (χ0v) is 32.6. The molecular formula is C42H62N4O5S. The number of esters is 1. The Morgan fingerprint density at radius 3 is 2.35 bits per heavy atom. The average Bonchev–Trinajstić information content (AvgIpc) is 3.51. The number of unbranched alkanes of at least 4 members (excludes halogenated alkanes) is 3. The molecule has 0 heterocycles. The van der Waals surface area contributed by atoms with Gasteiger partial charge < -0.3 is 31.9 Å². The Hall–Kier alpha value is -2.76. The van der Waals surface area contributed by atoms with E-state index in [0.717, 1.165) is 67.5 Å². The summed E-state index contributed by atoms with van der Waals surface area (Å²) in [5.74, 6) is -0.246. The number of hydrogen-bond donors (Lipinski definition) is 5. The molecule has 3 aliphatic carbocycles. The maximum atomic E-state index is 13.8. The minimum atomic E-state index is -0.647. The fourth-order valence-electron chi connectivity index (χ4n) is 9.77. The normalized spacial score (nSPS) is 31.4. The van der Waals surface area contributed by atoms with Gasteiger partial charge in [-0.3, -0.25) is 14.4 Å². The van der Waals surface area contributed by atoms with E-state index in [1.54, 1.807) is 12.1 Å². The van der Waals surface area contributed by atoms with Gasteiger partial charge in [0.25, 0.3) is 5.91 Å². The molecule has 10 heteroatoms. The molecule has 52 heavy (non-hydrogen) atoms. The van der Waals surface area contributed by atoms with Gasteiger partial charge >= 0.3 is 5.97 Å². The first-order valence-corrected chi connectivity index (χ1v) is 20.5. The van der Waals surface area contributed by atoms with Crippen molar-refractivity contribution in [3.05, 3.63) is 65.2 Å². The number of aliphatic hydroxyl groups excluding tert-OH is 1. The summed E-state index contributed by atoms with van der Waals surface area (Å²) in [4.78, 5) is 41.3. The highest BCUT2D eigenvalue weighted by molar-refractivity contribution is 8.00. The van der Waals surface area contributed by atoms with Crippen LogP contribution in [0.4, 0.5) is 0 Å². The summed E-state index contributed by atoms with van der Waals surface area (Å²) in [5.41, 5.74) is 12.5. The van der Waals surface area contributed by atoms with E-state index >= 15 is 0 Å². The van der Waals surface area contributed by atoms with E-state index in [1.807, 2.05) is 36.4 Å². The fraction of sp³-hybridized carbons (Fsp3) is 0.643. The number of ether oxygens (including phenoxy) is 1. The van der Waals surface area contributed by atoms with Crippen molar-refractivity contribution in [1.29, 1.82) is 0 Å². The Labute approximate surface area is 315 Å². The first kappa shape index (κ1) is 40.4. The van der Waals surface area contributed by atoms with Crippen molar-refractivity contribution < 1.29 is 24.2 Å². The van der Waals surface area contributed by atoms with Crippen molar-refractivity contribution >= 4 is 29.4 Å². The Kier molecular flexibility index (Phi) is 13.7. The van der Waals surface area contributed by atoms with E-state index in [9.17, 15) is 19.5 Å². The summed E-state index contributed by atoms with van der Waals surface area (Å²) in [6, 6.07) is 15.1. The SMILES string of the molecule is C[C@@H]1CC[C@@]23CCC(=O)[C@H]2[C@]1(C)[C@H](OC(=O)CSc1ccc(C(=O)NCc2ccc(CN)cc2)cc1)C[C@](C)(CNCCCCCCN)[C@@H](O)[C@@H]3C. The molecular weight excluding hydrogens is 673 g/mol. The lowest BCUT2D eigenvalue weighted by atomic mass is 9.44. The van der Waals surface area contributed by atoms with Crippen LogP contribution in [0.1, 0.15) is 107 Å². The number of Topliss-reactive ketones (excluding diaryl/α,β-unsaturated/α-hetero) is 1. The highest BCUT2D eigenvalue weighted by atomic mass is 32.2. The van der Waals surface area contributed by atoms with Crippen LogP contribution in [-0.4, -0.2) is 60.4 Å². The molecule has 0 aliphatic heterocycles. The predicted octanol–water partition coefficient (Wildman–Crippen LogP) is 6.00. The third kappa shape index (κ3) is 8.62. The van der Waals surface area contributed by atoms with Gasteiger partial charge in [0.05, 0.1) is 11.9 Å². The molecule has 286 valence electrons. The summed E-state index contributed by atoms with van der Waals surface area (Å²) >= 11 is 1.38. The number of aliphatic hydroxyl groups is 1.